The van der Waals surface area contributed by atoms with Crippen molar-refractivity contribution < 1.29 is 23.1 Å². The number of nitrogens with one attached hydrogen (secondary N) is 2. The molecule has 3 N–H and O–H groups in total. The fraction of sp³-hybridized carbons (Fsp3) is 0.875. The number of amides is 1. The van der Waals surface area contributed by atoms with E-state index in [9.17, 15) is 13.2 Å². The molecule has 0 aromatic heterocycles. The quantitative estimate of drug-likeness (QED) is 0.616. The van der Waals surface area contributed by atoms with Gasteiger partial charge in [0.05, 0.1) is 25.0 Å². The molecule has 0 aliphatic carbocycles. The lowest BCUT2D eigenvalue weighted by atomic mass is 10.1. The van der Waals surface area contributed by atoms with Crippen molar-refractivity contribution in [3.8, 4) is 0 Å². The molecule has 0 saturated carbocycles. The van der Waals surface area contributed by atoms with Crippen LogP contribution in [0.3, 0.4) is 0 Å². The average molecular weight is 252 g/mol. The minimum atomic E-state index is -3.20. The Bertz CT molecular complexity index is 334. The Morgan fingerprint density at radius 1 is 1.50 bits per heavy atom. The molecule has 2 atom stereocenters. The molecule has 1 aliphatic rings. The van der Waals surface area contributed by atoms with E-state index in [1.165, 1.54) is 0 Å². The number of ether oxygens (including phenoxy) is 1. The van der Waals surface area contributed by atoms with Gasteiger partial charge >= 0.3 is 6.09 Å². The number of carboxylic acid groups (broad SMARTS) is 1. The molecular formula is C8H16N2O5S. The molecular weight excluding hydrogens is 236 g/mol. The largest absolute Gasteiger partial charge is 0.465 e. The third-order valence-electron chi connectivity index (χ3n) is 2.27. The van der Waals surface area contributed by atoms with Crippen LogP contribution in [0, 0.1) is 0 Å². The Morgan fingerprint density at radius 3 is 2.62 bits per heavy atom. The average Bonchev–Trinajstić information content (AvgIpc) is 2.14. The number of rotatable bonds is 4. The van der Waals surface area contributed by atoms with Gasteiger partial charge in [0.15, 0.2) is 0 Å². The highest BCUT2D eigenvalue weighted by Crippen LogP contribution is 2.13. The monoisotopic (exact) mass is 252 g/mol. The summed E-state index contributed by atoms with van der Waals surface area (Å²) in [6.45, 7) is 0.515. The van der Waals surface area contributed by atoms with Crippen molar-refractivity contribution in [2.75, 3.05) is 19.4 Å². The third-order valence-corrected chi connectivity index (χ3v) is 2.96. The summed E-state index contributed by atoms with van der Waals surface area (Å²) in [7, 11) is -3.20. The van der Waals surface area contributed by atoms with Gasteiger partial charge in [-0.1, -0.05) is 0 Å². The third kappa shape index (κ3) is 5.29. The van der Waals surface area contributed by atoms with Gasteiger partial charge in [0, 0.05) is 6.54 Å². The second kappa shape index (κ2) is 5.46. The highest BCUT2D eigenvalue weighted by molar-refractivity contribution is 7.88. The number of hydrogen-bond donors (Lipinski definition) is 3. The Balaban J connectivity index is 2.24. The zero-order chi connectivity index (χ0) is 12.2. The van der Waals surface area contributed by atoms with Gasteiger partial charge in [-0.3, -0.25) is 0 Å². The smallest absolute Gasteiger partial charge is 0.404 e. The first-order valence-electron chi connectivity index (χ1n) is 4.92. The maximum Gasteiger partial charge on any atom is 0.404 e. The predicted octanol–water partition coefficient (Wildman–Crippen LogP) is -0.649. The van der Waals surface area contributed by atoms with Crippen LogP contribution >= 0.6 is 0 Å². The van der Waals surface area contributed by atoms with Gasteiger partial charge in [-0.05, 0) is 12.8 Å². The van der Waals surface area contributed by atoms with E-state index in [0.29, 0.717) is 12.8 Å². The second-order valence-electron chi connectivity index (χ2n) is 3.80. The Hall–Kier alpha value is -0.860. The van der Waals surface area contributed by atoms with E-state index in [1.807, 2.05) is 0 Å². The van der Waals surface area contributed by atoms with Crippen LogP contribution in [0.1, 0.15) is 12.8 Å². The highest BCUT2D eigenvalue weighted by Gasteiger charge is 2.23. The normalized spacial score (nSPS) is 26.3. The summed E-state index contributed by atoms with van der Waals surface area (Å²) in [5.41, 5.74) is 0. The summed E-state index contributed by atoms with van der Waals surface area (Å²) in [5, 5.41) is 10.8. The van der Waals surface area contributed by atoms with Gasteiger partial charge in [0.25, 0.3) is 0 Å². The highest BCUT2D eigenvalue weighted by atomic mass is 32.2. The van der Waals surface area contributed by atoms with Crippen LogP contribution < -0.4 is 10.0 Å². The van der Waals surface area contributed by atoms with Gasteiger partial charge < -0.3 is 15.2 Å². The van der Waals surface area contributed by atoms with E-state index in [1.54, 1.807) is 0 Å². The summed E-state index contributed by atoms with van der Waals surface area (Å²) in [6.07, 6.45) is 1.13. The van der Waals surface area contributed by atoms with E-state index in [2.05, 4.69) is 10.0 Å². The van der Waals surface area contributed by atoms with Crippen molar-refractivity contribution in [1.29, 1.82) is 0 Å². The van der Waals surface area contributed by atoms with Crippen molar-refractivity contribution in [3.63, 3.8) is 0 Å². The summed E-state index contributed by atoms with van der Waals surface area (Å²) in [5.74, 6) is 0. The van der Waals surface area contributed by atoms with Crippen molar-refractivity contribution in [2.45, 2.75) is 25.0 Å². The molecule has 94 valence electrons. The van der Waals surface area contributed by atoms with Crippen LogP contribution in [-0.2, 0) is 14.8 Å². The van der Waals surface area contributed by atoms with Crippen LogP contribution in [0.15, 0.2) is 0 Å². The van der Waals surface area contributed by atoms with Gasteiger partial charge in [0.1, 0.15) is 0 Å². The van der Waals surface area contributed by atoms with Gasteiger partial charge in [-0.2, -0.15) is 0 Å². The van der Waals surface area contributed by atoms with Crippen LogP contribution in [0.2, 0.25) is 0 Å². The van der Waals surface area contributed by atoms with Crippen molar-refractivity contribution in [2.24, 2.45) is 0 Å². The molecule has 1 heterocycles. The Kier molecular flexibility index (Phi) is 4.51. The molecule has 0 spiro atoms. The molecule has 16 heavy (non-hydrogen) atoms. The first-order valence-corrected chi connectivity index (χ1v) is 6.81. The fourth-order valence-corrected chi connectivity index (χ4v) is 1.99. The molecule has 7 nitrogen and oxygen atoms in total. The van der Waals surface area contributed by atoms with Gasteiger partial charge in [-0.25, -0.2) is 17.9 Å². The van der Waals surface area contributed by atoms with Crippen molar-refractivity contribution in [3.05, 3.63) is 0 Å². The van der Waals surface area contributed by atoms with Gasteiger partial charge in [-0.15, -0.1) is 0 Å². The lowest BCUT2D eigenvalue weighted by Crippen LogP contribution is -2.45. The van der Waals surface area contributed by atoms with Crippen LogP contribution in [0.25, 0.3) is 0 Å². The van der Waals surface area contributed by atoms with Gasteiger partial charge in [0.2, 0.25) is 10.0 Å². The standard InChI is InChI=1S/C8H16N2O5S/c1-16(13,14)9-4-7-3-2-6(5-15-7)10-8(11)12/h6-7,9-10H,2-5H2,1H3,(H,11,12)/t6-,7+/m1/s1. The number of carbonyl (C=O) groups is 1. The molecule has 1 saturated heterocycles. The van der Waals surface area contributed by atoms with E-state index < -0.39 is 16.1 Å². The molecule has 0 radical (unpaired) electrons. The predicted molar refractivity (Wildman–Crippen MR) is 56.8 cm³/mol. The molecule has 8 heteroatoms. The fourth-order valence-electron chi connectivity index (χ4n) is 1.50. The number of hydrogen-bond acceptors (Lipinski definition) is 4. The molecule has 1 amide bonds. The summed E-state index contributed by atoms with van der Waals surface area (Å²) in [6, 6.07) is -0.202. The number of sulfonamides is 1. The molecule has 0 aromatic carbocycles. The second-order valence-corrected chi connectivity index (χ2v) is 5.63. The maximum atomic E-state index is 10.8. The van der Waals surface area contributed by atoms with Crippen molar-refractivity contribution >= 4 is 16.1 Å². The van der Waals surface area contributed by atoms with E-state index in [-0.39, 0.29) is 25.3 Å². The molecule has 1 fully saturated rings. The first kappa shape index (κ1) is 13.2. The van der Waals surface area contributed by atoms with Crippen LogP contribution in [0.4, 0.5) is 4.79 Å². The Labute approximate surface area is 94.2 Å². The summed E-state index contributed by atoms with van der Waals surface area (Å²) in [4.78, 5) is 10.3. The SMILES string of the molecule is CS(=O)(=O)NC[C@@H]1CC[C@@H](NC(=O)O)CO1. The minimum absolute atomic E-state index is 0.179. The first-order chi connectivity index (χ1) is 7.37. The van der Waals surface area contributed by atoms with E-state index in [0.717, 1.165) is 6.26 Å². The molecule has 0 bridgehead atoms. The lowest BCUT2D eigenvalue weighted by Gasteiger charge is -2.28. The molecule has 1 aliphatic heterocycles. The molecule has 0 aromatic rings. The lowest BCUT2D eigenvalue weighted by molar-refractivity contribution is 0.00203. The minimum Gasteiger partial charge on any atom is -0.465 e. The summed E-state index contributed by atoms with van der Waals surface area (Å²) >= 11 is 0. The zero-order valence-corrected chi connectivity index (χ0v) is 9.79. The maximum absolute atomic E-state index is 10.8. The van der Waals surface area contributed by atoms with E-state index in [4.69, 9.17) is 9.84 Å². The topological polar surface area (TPSA) is 105 Å². The Morgan fingerprint density at radius 2 is 2.19 bits per heavy atom. The van der Waals surface area contributed by atoms with Crippen LogP contribution in [-0.4, -0.2) is 51.2 Å². The zero-order valence-electron chi connectivity index (χ0n) is 8.97. The molecule has 1 rings (SSSR count). The molecule has 0 unspecified atom stereocenters. The van der Waals surface area contributed by atoms with E-state index >= 15 is 0 Å². The van der Waals surface area contributed by atoms with Crippen molar-refractivity contribution in [1.82, 2.24) is 10.0 Å². The summed E-state index contributed by atoms with van der Waals surface area (Å²) < 4.78 is 29.3. The van der Waals surface area contributed by atoms with Crippen LogP contribution in [0.5, 0.6) is 0 Å².